The fourth-order valence-electron chi connectivity index (χ4n) is 2.83. The summed E-state index contributed by atoms with van der Waals surface area (Å²) in [6.45, 7) is 7.11. The Morgan fingerprint density at radius 3 is 2.63 bits per heavy atom. The second kappa shape index (κ2) is 10.7. The summed E-state index contributed by atoms with van der Waals surface area (Å²) >= 11 is 12.7. The van der Waals surface area contributed by atoms with Crippen LogP contribution in [0.5, 0.6) is 11.5 Å². The maximum Gasteiger partial charge on any atom is 0.266 e. The Hall–Kier alpha value is -2.28. The van der Waals surface area contributed by atoms with Crippen LogP contribution in [-0.2, 0) is 4.79 Å². The second-order valence-electron chi connectivity index (χ2n) is 6.58. The highest BCUT2D eigenvalue weighted by atomic mass is 35.5. The van der Waals surface area contributed by atoms with Crippen LogP contribution in [0, 0.1) is 6.92 Å². The molecule has 156 valence electrons. The zero-order valence-electron chi connectivity index (χ0n) is 16.6. The molecule has 0 bridgehead atoms. The van der Waals surface area contributed by atoms with E-state index in [-0.39, 0.29) is 5.91 Å². The number of thiocarbonyl (C=S) groups is 1. The highest BCUT2D eigenvalue weighted by Gasteiger charge is 2.31. The van der Waals surface area contributed by atoms with Crippen molar-refractivity contribution in [3.8, 4) is 11.5 Å². The highest BCUT2D eigenvalue weighted by molar-refractivity contribution is 8.26. The van der Waals surface area contributed by atoms with Crippen LogP contribution in [-0.4, -0.2) is 34.9 Å². The molecule has 1 aliphatic rings. The van der Waals surface area contributed by atoms with Gasteiger partial charge in [-0.05, 0) is 42.8 Å². The summed E-state index contributed by atoms with van der Waals surface area (Å²) in [6, 6.07) is 13.3. The molecule has 2 aromatic rings. The van der Waals surface area contributed by atoms with Crippen molar-refractivity contribution < 1.29 is 14.3 Å². The first-order valence-corrected chi connectivity index (χ1v) is 11.1. The topological polar surface area (TPSA) is 38.8 Å². The molecule has 0 radical (unpaired) electrons. The van der Waals surface area contributed by atoms with Gasteiger partial charge < -0.3 is 9.47 Å². The minimum Gasteiger partial charge on any atom is -0.493 e. The standard InChI is InChI=1S/C23H22ClNO3S2/c1-3-11-25-22(26)21(30-23(25)29)15-17-14-18(24)9-10-20(17)28-13-6-12-27-19-8-5-4-7-16(19)2/h3-5,7-10,14-15H,1,6,11-13H2,2H3/b21-15+. The molecule has 1 saturated heterocycles. The summed E-state index contributed by atoms with van der Waals surface area (Å²) < 4.78 is 12.3. The van der Waals surface area contributed by atoms with E-state index in [2.05, 4.69) is 6.58 Å². The largest absolute Gasteiger partial charge is 0.493 e. The predicted molar refractivity (Wildman–Crippen MR) is 128 cm³/mol. The molecule has 3 rings (SSSR count). The monoisotopic (exact) mass is 459 g/mol. The van der Waals surface area contributed by atoms with Gasteiger partial charge in [-0.15, -0.1) is 6.58 Å². The van der Waals surface area contributed by atoms with E-state index < -0.39 is 0 Å². The lowest BCUT2D eigenvalue weighted by Crippen LogP contribution is -2.27. The van der Waals surface area contributed by atoms with E-state index in [0.29, 0.717) is 39.8 Å². The number of hydrogen-bond donors (Lipinski definition) is 0. The SMILES string of the molecule is C=CCN1C(=O)/C(=C\c2cc(Cl)ccc2OCCCOc2ccccc2C)SC1=S. The van der Waals surface area contributed by atoms with Gasteiger partial charge >= 0.3 is 0 Å². The molecule has 0 atom stereocenters. The van der Waals surface area contributed by atoms with E-state index in [4.69, 9.17) is 33.3 Å². The lowest BCUT2D eigenvalue weighted by molar-refractivity contribution is -0.121. The molecule has 0 N–H and O–H groups in total. The van der Waals surface area contributed by atoms with Gasteiger partial charge in [0.05, 0.1) is 18.1 Å². The van der Waals surface area contributed by atoms with Crippen molar-refractivity contribution in [3.63, 3.8) is 0 Å². The number of amides is 1. The molecular formula is C23H22ClNO3S2. The highest BCUT2D eigenvalue weighted by Crippen LogP contribution is 2.35. The second-order valence-corrected chi connectivity index (χ2v) is 8.69. The zero-order chi connectivity index (χ0) is 21.5. The molecule has 1 amide bonds. The Morgan fingerprint density at radius 1 is 1.17 bits per heavy atom. The first-order chi connectivity index (χ1) is 14.5. The predicted octanol–water partition coefficient (Wildman–Crippen LogP) is 5.88. The van der Waals surface area contributed by atoms with Gasteiger partial charge in [0.2, 0.25) is 0 Å². The summed E-state index contributed by atoms with van der Waals surface area (Å²) in [5, 5.41) is 0.568. The van der Waals surface area contributed by atoms with Crippen molar-refractivity contribution in [2.24, 2.45) is 0 Å². The van der Waals surface area contributed by atoms with E-state index in [1.165, 1.54) is 16.7 Å². The van der Waals surface area contributed by atoms with Gasteiger partial charge in [-0.3, -0.25) is 9.69 Å². The average molecular weight is 460 g/mol. The molecule has 1 aliphatic heterocycles. The minimum atomic E-state index is -0.137. The van der Waals surface area contributed by atoms with Crippen LogP contribution < -0.4 is 9.47 Å². The molecular weight excluding hydrogens is 438 g/mol. The van der Waals surface area contributed by atoms with Crippen LogP contribution in [0.3, 0.4) is 0 Å². The van der Waals surface area contributed by atoms with E-state index >= 15 is 0 Å². The van der Waals surface area contributed by atoms with Gasteiger partial charge in [0.1, 0.15) is 15.8 Å². The number of benzene rings is 2. The third-order valence-electron chi connectivity index (χ3n) is 4.34. The number of para-hydroxylation sites is 1. The van der Waals surface area contributed by atoms with Crippen LogP contribution in [0.2, 0.25) is 5.02 Å². The molecule has 2 aromatic carbocycles. The number of carbonyl (C=O) groups is 1. The summed E-state index contributed by atoms with van der Waals surface area (Å²) in [4.78, 5) is 14.6. The van der Waals surface area contributed by atoms with Crippen molar-refractivity contribution in [2.45, 2.75) is 13.3 Å². The van der Waals surface area contributed by atoms with E-state index in [1.807, 2.05) is 31.2 Å². The van der Waals surface area contributed by atoms with Crippen LogP contribution in [0.25, 0.3) is 6.08 Å². The van der Waals surface area contributed by atoms with Crippen molar-refractivity contribution in [3.05, 3.63) is 76.2 Å². The quantitative estimate of drug-likeness (QED) is 0.202. The van der Waals surface area contributed by atoms with Crippen LogP contribution >= 0.6 is 35.6 Å². The van der Waals surface area contributed by atoms with Crippen LogP contribution in [0.15, 0.2) is 60.0 Å². The molecule has 0 aromatic heterocycles. The zero-order valence-corrected chi connectivity index (χ0v) is 19.0. The van der Waals surface area contributed by atoms with Gasteiger partial charge in [0.15, 0.2) is 0 Å². The molecule has 0 spiro atoms. The summed E-state index contributed by atoms with van der Waals surface area (Å²) in [6.07, 6.45) is 4.14. The van der Waals surface area contributed by atoms with E-state index in [1.54, 1.807) is 30.4 Å². The smallest absolute Gasteiger partial charge is 0.266 e. The van der Waals surface area contributed by atoms with Crippen LogP contribution in [0.1, 0.15) is 17.5 Å². The average Bonchev–Trinajstić information content (AvgIpc) is 2.98. The third kappa shape index (κ3) is 5.65. The van der Waals surface area contributed by atoms with E-state index in [9.17, 15) is 4.79 Å². The molecule has 1 fully saturated rings. The van der Waals surface area contributed by atoms with E-state index in [0.717, 1.165) is 23.3 Å². The Morgan fingerprint density at radius 2 is 1.90 bits per heavy atom. The number of ether oxygens (including phenoxy) is 2. The summed E-state index contributed by atoms with van der Waals surface area (Å²) in [5.74, 6) is 1.40. The molecule has 1 heterocycles. The molecule has 7 heteroatoms. The third-order valence-corrected chi connectivity index (χ3v) is 5.95. The van der Waals surface area contributed by atoms with Gasteiger partial charge in [-0.1, -0.05) is 59.9 Å². The Balaban J connectivity index is 1.63. The minimum absolute atomic E-state index is 0.137. The number of rotatable bonds is 9. The Labute approximate surface area is 191 Å². The van der Waals surface area contributed by atoms with Crippen molar-refractivity contribution in [2.75, 3.05) is 19.8 Å². The number of thioether (sulfide) groups is 1. The van der Waals surface area contributed by atoms with Crippen molar-refractivity contribution in [1.82, 2.24) is 4.90 Å². The van der Waals surface area contributed by atoms with Crippen LogP contribution in [0.4, 0.5) is 0 Å². The Kier molecular flexibility index (Phi) is 7.96. The number of halogens is 1. The number of hydrogen-bond acceptors (Lipinski definition) is 5. The maximum absolute atomic E-state index is 12.6. The normalized spacial score (nSPS) is 15.0. The lowest BCUT2D eigenvalue weighted by atomic mass is 10.2. The number of aryl methyl sites for hydroxylation is 1. The number of carbonyl (C=O) groups excluding carboxylic acids is 1. The van der Waals surface area contributed by atoms with Crippen molar-refractivity contribution in [1.29, 1.82) is 0 Å². The molecule has 30 heavy (non-hydrogen) atoms. The fourth-order valence-corrected chi connectivity index (χ4v) is 4.28. The van der Waals surface area contributed by atoms with Gasteiger partial charge in [0.25, 0.3) is 5.91 Å². The first-order valence-electron chi connectivity index (χ1n) is 9.46. The van der Waals surface area contributed by atoms with Gasteiger partial charge in [0, 0.05) is 23.6 Å². The lowest BCUT2D eigenvalue weighted by Gasteiger charge is -2.12. The summed E-state index contributed by atoms with van der Waals surface area (Å²) in [5.41, 5.74) is 1.84. The summed E-state index contributed by atoms with van der Waals surface area (Å²) in [7, 11) is 0. The Bertz CT molecular complexity index is 990. The van der Waals surface area contributed by atoms with Gasteiger partial charge in [-0.25, -0.2) is 0 Å². The molecule has 4 nitrogen and oxygen atoms in total. The van der Waals surface area contributed by atoms with Gasteiger partial charge in [-0.2, -0.15) is 0 Å². The molecule has 0 unspecified atom stereocenters. The first kappa shape index (κ1) is 22.4. The fraction of sp³-hybridized carbons (Fsp3) is 0.217. The maximum atomic E-state index is 12.6. The molecule has 0 saturated carbocycles. The molecule has 0 aliphatic carbocycles. The number of nitrogens with zero attached hydrogens (tertiary/aromatic N) is 1. The van der Waals surface area contributed by atoms with Crippen molar-refractivity contribution >= 4 is 51.9 Å².